The first kappa shape index (κ1) is 11.6. The minimum atomic E-state index is 0.274. The first-order valence-corrected chi connectivity index (χ1v) is 3.98. The summed E-state index contributed by atoms with van der Waals surface area (Å²) >= 11 is 0. The average Bonchev–Trinajstić information content (AvgIpc) is 2.16. The zero-order valence-electron chi connectivity index (χ0n) is 8.16. The van der Waals surface area contributed by atoms with E-state index in [-0.39, 0.29) is 5.75 Å². The summed E-state index contributed by atoms with van der Waals surface area (Å²) in [6, 6.07) is 3.32. The number of aryl methyl sites for hydroxylation is 2. The van der Waals surface area contributed by atoms with Crippen molar-refractivity contribution in [1.82, 2.24) is 0 Å². The third-order valence-electron chi connectivity index (χ3n) is 1.65. The van der Waals surface area contributed by atoms with E-state index < -0.39 is 0 Å². The standard InChI is InChI=1S/C9H10O2.CH5N/c1-6-3-8(5-10)4-7(2)9(6)11;1-2/h3-5,11H,1-2H3;2H2,1H3. The van der Waals surface area contributed by atoms with Gasteiger partial charge in [0.1, 0.15) is 12.0 Å². The number of carbonyl (C=O) groups is 1. The van der Waals surface area contributed by atoms with E-state index in [0.29, 0.717) is 5.56 Å². The Bertz CT molecular complexity index is 272. The summed E-state index contributed by atoms with van der Waals surface area (Å²) in [4.78, 5) is 10.3. The van der Waals surface area contributed by atoms with Crippen molar-refractivity contribution >= 4 is 6.29 Å². The van der Waals surface area contributed by atoms with E-state index in [1.807, 2.05) is 0 Å². The van der Waals surface area contributed by atoms with Crippen molar-refractivity contribution in [1.29, 1.82) is 0 Å². The molecule has 0 saturated carbocycles. The molecule has 3 heteroatoms. The van der Waals surface area contributed by atoms with Crippen molar-refractivity contribution in [2.45, 2.75) is 13.8 Å². The Labute approximate surface area is 78.2 Å². The maximum Gasteiger partial charge on any atom is 0.150 e. The largest absolute Gasteiger partial charge is 0.507 e. The van der Waals surface area contributed by atoms with Crippen LogP contribution in [-0.4, -0.2) is 18.4 Å². The second-order valence-corrected chi connectivity index (χ2v) is 2.62. The first-order valence-electron chi connectivity index (χ1n) is 3.98. The van der Waals surface area contributed by atoms with E-state index >= 15 is 0 Å². The molecule has 0 heterocycles. The number of hydrogen-bond donors (Lipinski definition) is 2. The number of carbonyl (C=O) groups excluding carboxylic acids is 1. The lowest BCUT2D eigenvalue weighted by atomic mass is 10.1. The molecule has 3 nitrogen and oxygen atoms in total. The summed E-state index contributed by atoms with van der Waals surface area (Å²) in [6.45, 7) is 3.55. The number of aromatic hydroxyl groups is 1. The maximum absolute atomic E-state index is 10.3. The average molecular weight is 181 g/mol. The maximum atomic E-state index is 10.3. The highest BCUT2D eigenvalue weighted by Gasteiger charge is 2.01. The van der Waals surface area contributed by atoms with Crippen LogP contribution in [0.3, 0.4) is 0 Å². The second kappa shape index (κ2) is 5.32. The van der Waals surface area contributed by atoms with Crippen LogP contribution in [0.1, 0.15) is 21.5 Å². The van der Waals surface area contributed by atoms with Crippen LogP contribution in [0.15, 0.2) is 12.1 Å². The van der Waals surface area contributed by atoms with E-state index in [9.17, 15) is 9.90 Å². The van der Waals surface area contributed by atoms with Crippen molar-refractivity contribution in [3.05, 3.63) is 28.8 Å². The molecule has 0 spiro atoms. The quantitative estimate of drug-likeness (QED) is 0.643. The molecule has 0 fully saturated rings. The number of hydrogen-bond acceptors (Lipinski definition) is 3. The third kappa shape index (κ3) is 2.87. The van der Waals surface area contributed by atoms with Crippen LogP contribution < -0.4 is 5.73 Å². The van der Waals surface area contributed by atoms with Crippen LogP contribution in [0.5, 0.6) is 5.75 Å². The van der Waals surface area contributed by atoms with Gasteiger partial charge in [-0.3, -0.25) is 4.79 Å². The molecule has 0 aromatic heterocycles. The molecule has 1 rings (SSSR count). The van der Waals surface area contributed by atoms with Gasteiger partial charge >= 0.3 is 0 Å². The van der Waals surface area contributed by atoms with Gasteiger partial charge in [0, 0.05) is 5.56 Å². The molecule has 72 valence electrons. The fourth-order valence-electron chi connectivity index (χ4n) is 1.06. The van der Waals surface area contributed by atoms with Gasteiger partial charge in [0.15, 0.2) is 0 Å². The summed E-state index contributed by atoms with van der Waals surface area (Å²) in [6.07, 6.45) is 0.777. The van der Waals surface area contributed by atoms with Gasteiger partial charge in [-0.15, -0.1) is 0 Å². The van der Waals surface area contributed by atoms with Crippen molar-refractivity contribution in [3.63, 3.8) is 0 Å². The highest BCUT2D eigenvalue weighted by atomic mass is 16.3. The molecule has 1 aromatic rings. The van der Waals surface area contributed by atoms with Crippen LogP contribution in [0.25, 0.3) is 0 Å². The van der Waals surface area contributed by atoms with E-state index in [0.717, 1.165) is 17.4 Å². The van der Waals surface area contributed by atoms with Crippen LogP contribution in [0, 0.1) is 13.8 Å². The first-order chi connectivity index (χ1) is 6.15. The molecule has 0 unspecified atom stereocenters. The van der Waals surface area contributed by atoms with Crippen molar-refractivity contribution in [2.24, 2.45) is 5.73 Å². The normalized spacial score (nSPS) is 8.62. The molecular weight excluding hydrogens is 166 g/mol. The highest BCUT2D eigenvalue weighted by molar-refractivity contribution is 5.76. The van der Waals surface area contributed by atoms with Crippen LogP contribution in [0.2, 0.25) is 0 Å². The minimum Gasteiger partial charge on any atom is -0.507 e. The molecule has 0 saturated heterocycles. The van der Waals surface area contributed by atoms with Gasteiger partial charge in [0.25, 0.3) is 0 Å². The Balaban J connectivity index is 0.000000671. The summed E-state index contributed by atoms with van der Waals surface area (Å²) in [7, 11) is 1.50. The fraction of sp³-hybridized carbons (Fsp3) is 0.300. The number of rotatable bonds is 1. The molecular formula is C10H15NO2. The van der Waals surface area contributed by atoms with Crippen molar-refractivity contribution < 1.29 is 9.90 Å². The zero-order valence-corrected chi connectivity index (χ0v) is 8.16. The smallest absolute Gasteiger partial charge is 0.150 e. The monoisotopic (exact) mass is 181 g/mol. The Morgan fingerprint density at radius 3 is 1.92 bits per heavy atom. The number of phenols is 1. The predicted molar refractivity (Wildman–Crippen MR) is 53.1 cm³/mol. The summed E-state index contributed by atoms with van der Waals surface area (Å²) in [5.41, 5.74) is 6.59. The van der Waals surface area contributed by atoms with Gasteiger partial charge < -0.3 is 10.8 Å². The lowest BCUT2D eigenvalue weighted by Crippen LogP contribution is -1.85. The molecule has 1 aromatic carbocycles. The van der Waals surface area contributed by atoms with E-state index in [2.05, 4.69) is 5.73 Å². The summed E-state index contributed by atoms with van der Waals surface area (Å²) in [5, 5.41) is 9.31. The molecule has 0 aliphatic carbocycles. The van der Waals surface area contributed by atoms with Gasteiger partial charge in [-0.05, 0) is 44.2 Å². The molecule has 0 aliphatic rings. The van der Waals surface area contributed by atoms with Gasteiger partial charge in [-0.25, -0.2) is 0 Å². The molecule has 0 atom stereocenters. The molecule has 3 N–H and O–H groups in total. The SMILES string of the molecule is CN.Cc1cc(C=O)cc(C)c1O. The Morgan fingerprint density at radius 2 is 1.62 bits per heavy atom. The lowest BCUT2D eigenvalue weighted by molar-refractivity contribution is 0.112. The van der Waals surface area contributed by atoms with Crippen molar-refractivity contribution in [2.75, 3.05) is 7.05 Å². The van der Waals surface area contributed by atoms with Crippen LogP contribution in [0.4, 0.5) is 0 Å². The Hall–Kier alpha value is -1.35. The molecule has 0 bridgehead atoms. The van der Waals surface area contributed by atoms with Gasteiger partial charge in [-0.1, -0.05) is 0 Å². The minimum absolute atomic E-state index is 0.274. The van der Waals surface area contributed by atoms with E-state index in [1.54, 1.807) is 26.0 Å². The molecule has 0 radical (unpaired) electrons. The molecule has 0 aliphatic heterocycles. The highest BCUT2D eigenvalue weighted by Crippen LogP contribution is 2.21. The van der Waals surface area contributed by atoms with Gasteiger partial charge in [0.2, 0.25) is 0 Å². The molecule has 0 amide bonds. The van der Waals surface area contributed by atoms with Crippen LogP contribution >= 0.6 is 0 Å². The molecule has 13 heavy (non-hydrogen) atoms. The van der Waals surface area contributed by atoms with E-state index in [4.69, 9.17) is 0 Å². The predicted octanol–water partition coefficient (Wildman–Crippen LogP) is 1.40. The summed E-state index contributed by atoms with van der Waals surface area (Å²) in [5.74, 6) is 0.274. The van der Waals surface area contributed by atoms with E-state index in [1.165, 1.54) is 7.05 Å². The lowest BCUT2D eigenvalue weighted by Gasteiger charge is -2.02. The Kier molecular flexibility index (Phi) is 4.77. The van der Waals surface area contributed by atoms with Crippen molar-refractivity contribution in [3.8, 4) is 5.75 Å². The number of benzene rings is 1. The third-order valence-corrected chi connectivity index (χ3v) is 1.65. The second-order valence-electron chi connectivity index (χ2n) is 2.62. The van der Waals surface area contributed by atoms with Crippen LogP contribution in [-0.2, 0) is 0 Å². The fourth-order valence-corrected chi connectivity index (χ4v) is 1.06. The zero-order chi connectivity index (χ0) is 10.4. The Morgan fingerprint density at radius 1 is 1.23 bits per heavy atom. The number of nitrogens with two attached hydrogens (primary N) is 1. The van der Waals surface area contributed by atoms with Gasteiger partial charge in [0.05, 0.1) is 0 Å². The topological polar surface area (TPSA) is 63.3 Å². The van der Waals surface area contributed by atoms with Gasteiger partial charge in [-0.2, -0.15) is 0 Å². The number of aldehydes is 1. The number of phenolic OH excluding ortho intramolecular Hbond substituents is 1. The summed E-state index contributed by atoms with van der Waals surface area (Å²) < 4.78 is 0.